The number of anilines is 2. The Morgan fingerprint density at radius 2 is 2.30 bits per heavy atom. The lowest BCUT2D eigenvalue weighted by Crippen LogP contribution is -2.04. The molecule has 0 bridgehead atoms. The average molecular weight is 291 g/mol. The first-order valence-corrected chi connectivity index (χ1v) is 7.19. The predicted molar refractivity (Wildman–Crippen MR) is 78.5 cm³/mol. The maximum atomic E-state index is 8.96. The number of aromatic nitrogens is 4. The van der Waals surface area contributed by atoms with Gasteiger partial charge in [0.2, 0.25) is 5.13 Å². The molecule has 0 unspecified atom stereocenters. The van der Waals surface area contributed by atoms with Gasteiger partial charge in [-0.2, -0.15) is 14.7 Å². The van der Waals surface area contributed by atoms with Gasteiger partial charge in [-0.3, -0.25) is 5.10 Å². The van der Waals surface area contributed by atoms with E-state index in [-0.39, 0.29) is 5.82 Å². The molecular formula is C12H17N7S. The summed E-state index contributed by atoms with van der Waals surface area (Å²) in [5.41, 5.74) is 6.81. The lowest BCUT2D eigenvalue weighted by atomic mass is 10.1. The smallest absolute Gasteiger partial charge is 0.202 e. The highest BCUT2D eigenvalue weighted by Gasteiger charge is 2.10. The second-order valence-electron chi connectivity index (χ2n) is 4.72. The predicted octanol–water partition coefficient (Wildman–Crippen LogP) is 1.88. The summed E-state index contributed by atoms with van der Waals surface area (Å²) in [6.45, 7) is 4.90. The summed E-state index contributed by atoms with van der Waals surface area (Å²) in [7, 11) is 0. The largest absolute Gasteiger partial charge is 0.381 e. The average Bonchev–Trinajstić information content (AvgIpc) is 3.01. The van der Waals surface area contributed by atoms with Crippen LogP contribution < -0.4 is 11.1 Å². The van der Waals surface area contributed by atoms with Crippen LogP contribution in [0.4, 0.5) is 10.9 Å². The van der Waals surface area contributed by atoms with E-state index in [0.29, 0.717) is 11.5 Å². The molecule has 20 heavy (non-hydrogen) atoms. The van der Waals surface area contributed by atoms with E-state index >= 15 is 0 Å². The lowest BCUT2D eigenvalue weighted by Gasteiger charge is -2.01. The first-order chi connectivity index (χ1) is 9.61. The third kappa shape index (κ3) is 3.24. The molecule has 0 amide bonds. The zero-order valence-corrected chi connectivity index (χ0v) is 12.3. The van der Waals surface area contributed by atoms with Crippen molar-refractivity contribution in [3.05, 3.63) is 17.1 Å². The first kappa shape index (κ1) is 14.3. The van der Waals surface area contributed by atoms with Crippen molar-refractivity contribution >= 4 is 22.5 Å². The molecular weight excluding hydrogens is 274 g/mol. The maximum absolute atomic E-state index is 8.96. The summed E-state index contributed by atoms with van der Waals surface area (Å²) in [6, 6.07) is 2.06. The Balaban J connectivity index is 1.80. The number of aromatic amines is 1. The normalized spacial score (nSPS) is 10.7. The Morgan fingerprint density at radius 3 is 2.95 bits per heavy atom. The van der Waals surface area contributed by atoms with Gasteiger partial charge in [0.15, 0.2) is 5.82 Å². The standard InChI is InChI=1S/C12H17N7S/c1-7(2)11-16-12(20-19-11)15-5-3-4-9-8(6-13)10(14)18-17-9/h7H,3-5H2,1-2H3,(H3,14,17,18)(H,15,16,19). The quantitative estimate of drug-likeness (QED) is 0.700. The van der Waals surface area contributed by atoms with Crippen LogP contribution in [0.3, 0.4) is 0 Å². The van der Waals surface area contributed by atoms with Crippen LogP contribution in [-0.2, 0) is 6.42 Å². The van der Waals surface area contributed by atoms with Gasteiger partial charge in [0, 0.05) is 24.0 Å². The third-order valence-electron chi connectivity index (χ3n) is 2.82. The fraction of sp³-hybridized carbons (Fsp3) is 0.500. The summed E-state index contributed by atoms with van der Waals surface area (Å²) in [4.78, 5) is 4.40. The SMILES string of the molecule is CC(C)c1nsc(NCCCc2[nH]nc(N)c2C#N)n1. The third-order valence-corrected chi connectivity index (χ3v) is 3.51. The van der Waals surface area contributed by atoms with E-state index in [0.717, 1.165) is 36.0 Å². The molecule has 0 aliphatic heterocycles. The van der Waals surface area contributed by atoms with Crippen LogP contribution in [0.1, 0.15) is 43.3 Å². The number of H-pyrrole nitrogens is 1. The first-order valence-electron chi connectivity index (χ1n) is 6.42. The van der Waals surface area contributed by atoms with Crippen LogP contribution in [0.25, 0.3) is 0 Å². The van der Waals surface area contributed by atoms with Crippen LogP contribution in [-0.4, -0.2) is 26.1 Å². The lowest BCUT2D eigenvalue weighted by molar-refractivity contribution is 0.794. The molecule has 7 nitrogen and oxygen atoms in total. The van der Waals surface area contributed by atoms with E-state index in [2.05, 4.69) is 44.8 Å². The van der Waals surface area contributed by atoms with Crippen molar-refractivity contribution in [1.29, 1.82) is 5.26 Å². The Kier molecular flexibility index (Phi) is 4.53. The molecule has 106 valence electrons. The minimum Gasteiger partial charge on any atom is -0.381 e. The topological polar surface area (TPSA) is 116 Å². The van der Waals surface area contributed by atoms with Gasteiger partial charge in [0.05, 0.1) is 5.69 Å². The summed E-state index contributed by atoms with van der Waals surface area (Å²) in [6.07, 6.45) is 1.57. The van der Waals surface area contributed by atoms with E-state index in [1.807, 2.05) is 0 Å². The monoisotopic (exact) mass is 291 g/mol. The summed E-state index contributed by atoms with van der Waals surface area (Å²) in [5, 5.41) is 19.6. The number of rotatable bonds is 6. The molecule has 0 aromatic carbocycles. The molecule has 4 N–H and O–H groups in total. The van der Waals surface area contributed by atoms with Crippen molar-refractivity contribution in [2.75, 3.05) is 17.6 Å². The minimum atomic E-state index is 0.265. The number of hydrogen-bond donors (Lipinski definition) is 3. The van der Waals surface area contributed by atoms with Crippen molar-refractivity contribution in [2.24, 2.45) is 0 Å². The minimum absolute atomic E-state index is 0.265. The van der Waals surface area contributed by atoms with Crippen molar-refractivity contribution in [3.63, 3.8) is 0 Å². The molecule has 8 heteroatoms. The maximum Gasteiger partial charge on any atom is 0.202 e. The number of nitrogen functional groups attached to an aromatic ring is 1. The Labute approximate surface area is 121 Å². The van der Waals surface area contributed by atoms with Crippen LogP contribution in [0.15, 0.2) is 0 Å². The number of hydrogen-bond acceptors (Lipinski definition) is 7. The molecule has 2 aromatic rings. The van der Waals surface area contributed by atoms with Gasteiger partial charge < -0.3 is 11.1 Å². The molecule has 2 heterocycles. The molecule has 0 aliphatic carbocycles. The second kappa shape index (κ2) is 6.34. The second-order valence-corrected chi connectivity index (χ2v) is 5.47. The van der Waals surface area contributed by atoms with Gasteiger partial charge >= 0.3 is 0 Å². The Bertz CT molecular complexity index is 608. The van der Waals surface area contributed by atoms with E-state index in [1.165, 1.54) is 11.5 Å². The number of nitriles is 1. The Hall–Kier alpha value is -2.14. The van der Waals surface area contributed by atoms with Crippen molar-refractivity contribution in [3.8, 4) is 6.07 Å². The molecule has 0 saturated carbocycles. The van der Waals surface area contributed by atoms with Crippen molar-refractivity contribution in [2.45, 2.75) is 32.6 Å². The van der Waals surface area contributed by atoms with Gasteiger partial charge in [-0.15, -0.1) is 0 Å². The number of nitrogens with zero attached hydrogens (tertiary/aromatic N) is 4. The highest BCUT2D eigenvalue weighted by atomic mass is 32.1. The number of nitrogens with one attached hydrogen (secondary N) is 2. The van der Waals surface area contributed by atoms with Crippen molar-refractivity contribution < 1.29 is 0 Å². The fourth-order valence-electron chi connectivity index (χ4n) is 1.70. The number of nitrogens with two attached hydrogens (primary N) is 1. The van der Waals surface area contributed by atoms with Gasteiger partial charge in [-0.05, 0) is 12.8 Å². The van der Waals surface area contributed by atoms with Gasteiger partial charge in [0.1, 0.15) is 17.5 Å². The van der Waals surface area contributed by atoms with Crippen LogP contribution in [0.2, 0.25) is 0 Å². The zero-order valence-electron chi connectivity index (χ0n) is 11.5. The van der Waals surface area contributed by atoms with Gasteiger partial charge in [0.25, 0.3) is 0 Å². The molecule has 0 radical (unpaired) electrons. The molecule has 0 atom stereocenters. The van der Waals surface area contributed by atoms with Crippen LogP contribution in [0.5, 0.6) is 0 Å². The van der Waals surface area contributed by atoms with E-state index in [4.69, 9.17) is 11.0 Å². The van der Waals surface area contributed by atoms with Gasteiger partial charge in [-0.25, -0.2) is 4.98 Å². The summed E-state index contributed by atoms with van der Waals surface area (Å²) < 4.78 is 4.28. The molecule has 0 spiro atoms. The highest BCUT2D eigenvalue weighted by molar-refractivity contribution is 7.09. The summed E-state index contributed by atoms with van der Waals surface area (Å²) in [5.74, 6) is 1.47. The highest BCUT2D eigenvalue weighted by Crippen LogP contribution is 2.17. The van der Waals surface area contributed by atoms with E-state index in [1.54, 1.807) is 0 Å². The molecule has 2 rings (SSSR count). The van der Waals surface area contributed by atoms with E-state index in [9.17, 15) is 0 Å². The van der Waals surface area contributed by atoms with Crippen molar-refractivity contribution in [1.82, 2.24) is 19.6 Å². The molecule has 0 fully saturated rings. The fourth-order valence-corrected chi connectivity index (χ4v) is 2.43. The molecule has 0 aliphatic rings. The summed E-state index contributed by atoms with van der Waals surface area (Å²) >= 11 is 1.37. The number of aryl methyl sites for hydroxylation is 1. The molecule has 2 aromatic heterocycles. The Morgan fingerprint density at radius 1 is 1.50 bits per heavy atom. The molecule has 0 saturated heterocycles. The zero-order chi connectivity index (χ0) is 14.5. The van der Waals surface area contributed by atoms with Gasteiger partial charge in [-0.1, -0.05) is 13.8 Å². The van der Waals surface area contributed by atoms with E-state index < -0.39 is 0 Å². The van der Waals surface area contributed by atoms with Crippen LogP contribution >= 0.6 is 11.5 Å². The van der Waals surface area contributed by atoms with Crippen LogP contribution in [0, 0.1) is 11.3 Å².